The Bertz CT molecular complexity index is 477. The molecule has 0 aromatic heterocycles. The van der Waals surface area contributed by atoms with Gasteiger partial charge in [-0.05, 0) is 31.2 Å². The first-order valence-electron chi connectivity index (χ1n) is 7.05. The molecule has 1 aromatic carbocycles. The minimum absolute atomic E-state index is 0.0420. The van der Waals surface area contributed by atoms with E-state index in [-0.39, 0.29) is 11.7 Å². The number of rotatable bonds is 4. The third-order valence-electron chi connectivity index (χ3n) is 3.71. The predicted molar refractivity (Wildman–Crippen MR) is 79.6 cm³/mol. The van der Waals surface area contributed by atoms with E-state index in [4.69, 9.17) is 16.9 Å². The van der Waals surface area contributed by atoms with Gasteiger partial charge in [0.15, 0.2) is 0 Å². The van der Waals surface area contributed by atoms with E-state index in [1.54, 1.807) is 12.1 Å². The Morgan fingerprint density at radius 1 is 1.20 bits per heavy atom. The van der Waals surface area contributed by atoms with Crippen LogP contribution in [0, 0.1) is 5.41 Å². The molecule has 5 heteroatoms. The zero-order chi connectivity index (χ0) is 14.5. The zero-order valence-corrected chi connectivity index (χ0v) is 11.6. The number of hydrogen-bond donors (Lipinski definition) is 3. The Balaban J connectivity index is 1.94. The first kappa shape index (κ1) is 14.5. The van der Waals surface area contributed by atoms with Gasteiger partial charge in [-0.3, -0.25) is 10.2 Å². The normalized spacial score (nSPS) is 16.8. The average molecular weight is 274 g/mol. The number of carbonyl (C=O) groups is 1. The van der Waals surface area contributed by atoms with E-state index < -0.39 is 6.04 Å². The molecule has 5 nitrogen and oxygen atoms in total. The van der Waals surface area contributed by atoms with E-state index in [2.05, 4.69) is 0 Å². The van der Waals surface area contributed by atoms with Gasteiger partial charge >= 0.3 is 0 Å². The van der Waals surface area contributed by atoms with Crippen molar-refractivity contribution in [2.75, 3.05) is 13.1 Å². The van der Waals surface area contributed by atoms with Gasteiger partial charge in [0.1, 0.15) is 5.84 Å². The third-order valence-corrected chi connectivity index (χ3v) is 3.71. The Morgan fingerprint density at radius 3 is 2.35 bits per heavy atom. The molecule has 0 spiro atoms. The van der Waals surface area contributed by atoms with Crippen LogP contribution < -0.4 is 11.5 Å². The summed E-state index contributed by atoms with van der Waals surface area (Å²) in [6.07, 6.45) is 3.87. The highest BCUT2D eigenvalue weighted by atomic mass is 16.2. The summed E-state index contributed by atoms with van der Waals surface area (Å²) in [5.41, 5.74) is 13.1. The lowest BCUT2D eigenvalue weighted by Crippen LogP contribution is -2.46. The Labute approximate surface area is 119 Å². The number of nitrogens with two attached hydrogens (primary N) is 2. The van der Waals surface area contributed by atoms with Gasteiger partial charge < -0.3 is 16.4 Å². The third kappa shape index (κ3) is 3.57. The van der Waals surface area contributed by atoms with Crippen LogP contribution in [0.15, 0.2) is 24.3 Å². The molecular weight excluding hydrogens is 252 g/mol. The highest BCUT2D eigenvalue weighted by Gasteiger charge is 2.22. The molecule has 0 bridgehead atoms. The second-order valence-corrected chi connectivity index (χ2v) is 5.31. The van der Waals surface area contributed by atoms with Crippen molar-refractivity contribution in [3.05, 3.63) is 35.4 Å². The van der Waals surface area contributed by atoms with Crippen molar-refractivity contribution in [2.45, 2.75) is 31.7 Å². The Hall–Kier alpha value is -1.88. The molecule has 20 heavy (non-hydrogen) atoms. The smallest absolute Gasteiger partial charge is 0.239 e. The fourth-order valence-electron chi connectivity index (χ4n) is 2.51. The molecule has 1 atom stereocenters. The van der Waals surface area contributed by atoms with E-state index in [1.807, 2.05) is 17.0 Å². The second kappa shape index (κ2) is 6.52. The number of carbonyl (C=O) groups excluding carboxylic acids is 1. The minimum atomic E-state index is -0.490. The fraction of sp³-hybridized carbons (Fsp3) is 0.467. The first-order chi connectivity index (χ1) is 9.58. The second-order valence-electron chi connectivity index (χ2n) is 5.31. The maximum Gasteiger partial charge on any atom is 0.239 e. The molecule has 5 N–H and O–H groups in total. The molecule has 1 fully saturated rings. The van der Waals surface area contributed by atoms with Crippen LogP contribution in [0.5, 0.6) is 0 Å². The summed E-state index contributed by atoms with van der Waals surface area (Å²) in [7, 11) is 0. The molecule has 0 radical (unpaired) electrons. The van der Waals surface area contributed by atoms with Crippen LogP contribution in [-0.4, -0.2) is 35.8 Å². The number of amidine groups is 1. The van der Waals surface area contributed by atoms with Crippen molar-refractivity contribution in [3.63, 3.8) is 0 Å². The van der Waals surface area contributed by atoms with E-state index in [0.29, 0.717) is 12.0 Å². The van der Waals surface area contributed by atoms with Gasteiger partial charge in [0, 0.05) is 18.7 Å². The number of piperidine rings is 1. The molecule has 0 saturated carbocycles. The fourth-order valence-corrected chi connectivity index (χ4v) is 2.51. The topological polar surface area (TPSA) is 96.2 Å². The molecule has 1 amide bonds. The van der Waals surface area contributed by atoms with Crippen molar-refractivity contribution in [3.8, 4) is 0 Å². The van der Waals surface area contributed by atoms with Crippen molar-refractivity contribution >= 4 is 11.7 Å². The molecular formula is C15H22N4O. The summed E-state index contributed by atoms with van der Waals surface area (Å²) in [6.45, 7) is 1.66. The van der Waals surface area contributed by atoms with Crippen molar-refractivity contribution in [1.82, 2.24) is 4.90 Å². The first-order valence-corrected chi connectivity index (χ1v) is 7.05. The molecule has 108 valence electrons. The zero-order valence-electron chi connectivity index (χ0n) is 11.6. The van der Waals surface area contributed by atoms with Crippen LogP contribution in [0.3, 0.4) is 0 Å². The monoisotopic (exact) mass is 274 g/mol. The van der Waals surface area contributed by atoms with Crippen molar-refractivity contribution < 1.29 is 4.79 Å². The average Bonchev–Trinajstić information content (AvgIpc) is 2.48. The minimum Gasteiger partial charge on any atom is -0.384 e. The van der Waals surface area contributed by atoms with Gasteiger partial charge in [0.25, 0.3) is 0 Å². The number of hydrogen-bond acceptors (Lipinski definition) is 3. The summed E-state index contributed by atoms with van der Waals surface area (Å²) < 4.78 is 0. The van der Waals surface area contributed by atoms with Crippen LogP contribution in [0.25, 0.3) is 0 Å². The lowest BCUT2D eigenvalue weighted by Gasteiger charge is -2.29. The summed E-state index contributed by atoms with van der Waals surface area (Å²) in [5, 5.41) is 7.34. The van der Waals surface area contributed by atoms with Gasteiger partial charge in [-0.25, -0.2) is 0 Å². The summed E-state index contributed by atoms with van der Waals surface area (Å²) in [4.78, 5) is 14.1. The van der Waals surface area contributed by atoms with Gasteiger partial charge in [0.2, 0.25) is 5.91 Å². The van der Waals surface area contributed by atoms with E-state index in [9.17, 15) is 4.79 Å². The van der Waals surface area contributed by atoms with Crippen LogP contribution in [0.2, 0.25) is 0 Å². The van der Waals surface area contributed by atoms with E-state index >= 15 is 0 Å². The molecule has 0 aliphatic carbocycles. The van der Waals surface area contributed by atoms with Crippen LogP contribution in [0.4, 0.5) is 0 Å². The summed E-state index contributed by atoms with van der Waals surface area (Å²) in [6, 6.07) is 6.84. The van der Waals surface area contributed by atoms with Crippen molar-refractivity contribution in [1.29, 1.82) is 5.41 Å². The Kier molecular flexibility index (Phi) is 4.74. The molecule has 2 rings (SSSR count). The SMILES string of the molecule is N=C(N)c1ccc(C[C@H](N)C(=O)N2CCCCC2)cc1. The quantitative estimate of drug-likeness (QED) is 0.561. The van der Waals surface area contributed by atoms with E-state index in [1.165, 1.54) is 6.42 Å². The molecule has 1 aliphatic heterocycles. The number of amides is 1. The number of likely N-dealkylation sites (tertiary alicyclic amines) is 1. The van der Waals surface area contributed by atoms with Crippen molar-refractivity contribution in [2.24, 2.45) is 11.5 Å². The van der Waals surface area contributed by atoms with Gasteiger partial charge in [-0.15, -0.1) is 0 Å². The Morgan fingerprint density at radius 2 is 1.80 bits per heavy atom. The van der Waals surface area contributed by atoms with Gasteiger partial charge in [-0.1, -0.05) is 24.3 Å². The number of nitrogens with zero attached hydrogens (tertiary/aromatic N) is 1. The molecule has 1 aliphatic rings. The highest BCUT2D eigenvalue weighted by Crippen LogP contribution is 2.12. The highest BCUT2D eigenvalue weighted by molar-refractivity contribution is 5.94. The molecule has 1 saturated heterocycles. The predicted octanol–water partition coefficient (Wildman–Crippen LogP) is 0.853. The molecule has 0 unspecified atom stereocenters. The maximum absolute atomic E-state index is 12.2. The standard InChI is InChI=1S/C15H22N4O/c16-13(15(20)19-8-2-1-3-9-19)10-11-4-6-12(7-5-11)14(17)18/h4-7,13H,1-3,8-10,16H2,(H3,17,18)/t13-/m0/s1. The number of nitrogen functional groups attached to an aromatic ring is 1. The van der Waals surface area contributed by atoms with Crippen LogP contribution in [-0.2, 0) is 11.2 Å². The van der Waals surface area contributed by atoms with Gasteiger partial charge in [0.05, 0.1) is 6.04 Å². The van der Waals surface area contributed by atoms with Gasteiger partial charge in [-0.2, -0.15) is 0 Å². The van der Waals surface area contributed by atoms with E-state index in [0.717, 1.165) is 31.5 Å². The molecule has 1 aromatic rings. The number of benzene rings is 1. The van der Waals surface area contributed by atoms with Crippen LogP contribution >= 0.6 is 0 Å². The van der Waals surface area contributed by atoms with Crippen LogP contribution in [0.1, 0.15) is 30.4 Å². The summed E-state index contributed by atoms with van der Waals surface area (Å²) >= 11 is 0. The summed E-state index contributed by atoms with van der Waals surface area (Å²) in [5.74, 6) is 0.0885. The maximum atomic E-state index is 12.2. The lowest BCUT2D eigenvalue weighted by atomic mass is 10.0. The molecule has 1 heterocycles. The number of nitrogens with one attached hydrogen (secondary N) is 1. The lowest BCUT2D eigenvalue weighted by molar-refractivity contribution is -0.133. The largest absolute Gasteiger partial charge is 0.384 e.